The first-order valence-corrected chi connectivity index (χ1v) is 4.65. The molecule has 16 heavy (non-hydrogen) atoms. The van der Waals surface area contributed by atoms with Gasteiger partial charge >= 0.3 is 0 Å². The second-order valence-corrected chi connectivity index (χ2v) is 3.46. The van der Waals surface area contributed by atoms with Gasteiger partial charge in [-0.2, -0.15) is 5.10 Å². The summed E-state index contributed by atoms with van der Waals surface area (Å²) >= 11 is 0. The normalized spacial score (nSPS) is 10.3. The van der Waals surface area contributed by atoms with Crippen LogP contribution in [-0.2, 0) is 0 Å². The third-order valence-corrected chi connectivity index (χ3v) is 2.10. The monoisotopic (exact) mass is 217 g/mol. The van der Waals surface area contributed by atoms with E-state index in [9.17, 15) is 4.79 Å². The lowest BCUT2D eigenvalue weighted by Crippen LogP contribution is -2.14. The number of rotatable bonds is 2. The highest BCUT2D eigenvalue weighted by atomic mass is 16.1. The predicted octanol–water partition coefficient (Wildman–Crippen LogP) is 0.257. The van der Waals surface area contributed by atoms with Gasteiger partial charge in [0.2, 0.25) is 0 Å². The average Bonchev–Trinajstić information content (AvgIpc) is 2.60. The Morgan fingerprint density at radius 3 is 2.75 bits per heavy atom. The van der Waals surface area contributed by atoms with E-state index in [0.29, 0.717) is 0 Å². The molecule has 0 aliphatic rings. The third-order valence-electron chi connectivity index (χ3n) is 2.10. The van der Waals surface area contributed by atoms with Crippen LogP contribution in [0, 0.1) is 6.92 Å². The first kappa shape index (κ1) is 10.2. The lowest BCUT2D eigenvalue weighted by molar-refractivity contribution is 0.0996. The van der Waals surface area contributed by atoms with Crippen molar-refractivity contribution in [3.8, 4) is 5.69 Å². The smallest absolute Gasteiger partial charge is 0.271 e. The summed E-state index contributed by atoms with van der Waals surface area (Å²) in [6.45, 7) is 1.92. The molecule has 0 radical (unpaired) electrons. The lowest BCUT2D eigenvalue weighted by Gasteiger charge is -2.00. The van der Waals surface area contributed by atoms with Gasteiger partial charge in [0, 0.05) is 6.20 Å². The molecule has 2 aromatic rings. The zero-order valence-electron chi connectivity index (χ0n) is 8.71. The average molecular weight is 217 g/mol. The Morgan fingerprint density at radius 2 is 2.19 bits per heavy atom. The van der Waals surface area contributed by atoms with Gasteiger partial charge in [-0.15, -0.1) is 0 Å². The number of carbonyl (C=O) groups is 1. The number of primary amides is 1. The maximum absolute atomic E-state index is 11.0. The van der Waals surface area contributed by atoms with E-state index in [2.05, 4.69) is 10.1 Å². The third kappa shape index (κ3) is 1.72. The summed E-state index contributed by atoms with van der Waals surface area (Å²) in [6, 6.07) is 1.88. The maximum atomic E-state index is 11.0. The minimum Gasteiger partial charge on any atom is -0.396 e. The Labute approximate surface area is 91.9 Å². The van der Waals surface area contributed by atoms with Crippen LogP contribution in [0.4, 0.5) is 5.69 Å². The van der Waals surface area contributed by atoms with E-state index >= 15 is 0 Å². The zero-order valence-corrected chi connectivity index (χ0v) is 8.71. The fourth-order valence-corrected chi connectivity index (χ4v) is 1.38. The van der Waals surface area contributed by atoms with Crippen molar-refractivity contribution >= 4 is 11.6 Å². The van der Waals surface area contributed by atoms with Crippen LogP contribution in [0.1, 0.15) is 16.1 Å². The number of nitrogens with two attached hydrogens (primary N) is 2. The van der Waals surface area contributed by atoms with Crippen LogP contribution in [0.25, 0.3) is 5.69 Å². The minimum absolute atomic E-state index is 0.0708. The molecule has 0 saturated heterocycles. The molecule has 0 aromatic carbocycles. The molecule has 6 heteroatoms. The van der Waals surface area contributed by atoms with Crippen molar-refractivity contribution in [1.82, 2.24) is 14.8 Å². The van der Waals surface area contributed by atoms with Crippen molar-refractivity contribution in [1.29, 1.82) is 0 Å². The highest BCUT2D eigenvalue weighted by Crippen LogP contribution is 2.13. The van der Waals surface area contributed by atoms with Gasteiger partial charge in [-0.3, -0.25) is 9.78 Å². The van der Waals surface area contributed by atoms with Gasteiger partial charge in [-0.1, -0.05) is 0 Å². The first-order chi connectivity index (χ1) is 7.58. The lowest BCUT2D eigenvalue weighted by atomic mass is 10.3. The highest BCUT2D eigenvalue weighted by molar-refractivity contribution is 5.95. The van der Waals surface area contributed by atoms with Gasteiger partial charge in [0.25, 0.3) is 5.91 Å². The van der Waals surface area contributed by atoms with E-state index in [-0.39, 0.29) is 11.4 Å². The summed E-state index contributed by atoms with van der Waals surface area (Å²) in [6.07, 6.45) is 4.89. The Balaban J connectivity index is 2.49. The van der Waals surface area contributed by atoms with E-state index in [0.717, 1.165) is 11.3 Å². The summed E-state index contributed by atoms with van der Waals surface area (Å²) < 4.78 is 1.48. The van der Waals surface area contributed by atoms with Crippen molar-refractivity contribution in [2.75, 3.05) is 5.73 Å². The maximum Gasteiger partial charge on any atom is 0.271 e. The summed E-state index contributed by atoms with van der Waals surface area (Å²) in [7, 11) is 0. The second-order valence-electron chi connectivity index (χ2n) is 3.46. The summed E-state index contributed by atoms with van der Waals surface area (Å²) in [5, 5.41) is 4.00. The minimum atomic E-state index is -0.642. The predicted molar refractivity (Wildman–Crippen MR) is 59.0 cm³/mol. The molecule has 0 aliphatic carbocycles. The van der Waals surface area contributed by atoms with Crippen molar-refractivity contribution in [3.05, 3.63) is 35.9 Å². The standard InChI is InChI=1S/C10H11N5O/c1-6-2-7(4-13-3-6)15-5-8(11)9(14-15)10(12)16/h2-5H,11H2,1H3,(H2,12,16). The molecule has 0 atom stereocenters. The number of hydrogen-bond acceptors (Lipinski definition) is 4. The molecule has 2 rings (SSSR count). The van der Waals surface area contributed by atoms with Crippen LogP contribution < -0.4 is 11.5 Å². The van der Waals surface area contributed by atoms with E-state index in [1.54, 1.807) is 12.4 Å². The van der Waals surface area contributed by atoms with Gasteiger partial charge in [-0.25, -0.2) is 4.68 Å². The van der Waals surface area contributed by atoms with E-state index < -0.39 is 5.91 Å². The quantitative estimate of drug-likeness (QED) is 0.753. The molecule has 0 saturated carbocycles. The van der Waals surface area contributed by atoms with E-state index in [1.165, 1.54) is 10.9 Å². The number of nitrogen functional groups attached to an aromatic ring is 1. The van der Waals surface area contributed by atoms with Crippen LogP contribution in [0.3, 0.4) is 0 Å². The molecule has 6 nitrogen and oxygen atoms in total. The van der Waals surface area contributed by atoms with Crippen molar-refractivity contribution in [2.45, 2.75) is 6.92 Å². The molecular formula is C10H11N5O. The number of aromatic nitrogens is 3. The topological polar surface area (TPSA) is 99.8 Å². The van der Waals surface area contributed by atoms with Gasteiger partial charge < -0.3 is 11.5 Å². The van der Waals surface area contributed by atoms with Gasteiger partial charge in [0.1, 0.15) is 0 Å². The highest BCUT2D eigenvalue weighted by Gasteiger charge is 2.12. The number of anilines is 1. The summed E-state index contributed by atoms with van der Waals surface area (Å²) in [4.78, 5) is 15.0. The van der Waals surface area contributed by atoms with Gasteiger partial charge in [0.05, 0.1) is 23.8 Å². The molecule has 0 aliphatic heterocycles. The number of aryl methyl sites for hydroxylation is 1. The van der Waals surface area contributed by atoms with Gasteiger partial charge in [-0.05, 0) is 18.6 Å². The number of amides is 1. The van der Waals surface area contributed by atoms with Crippen LogP contribution >= 0.6 is 0 Å². The van der Waals surface area contributed by atoms with Crippen molar-refractivity contribution < 1.29 is 4.79 Å². The van der Waals surface area contributed by atoms with Crippen LogP contribution in [0.15, 0.2) is 24.7 Å². The Bertz CT molecular complexity index is 546. The Kier molecular flexibility index (Phi) is 2.32. The van der Waals surface area contributed by atoms with Gasteiger partial charge in [0.15, 0.2) is 5.69 Å². The second kappa shape index (κ2) is 3.65. The molecule has 0 bridgehead atoms. The van der Waals surface area contributed by atoms with Crippen molar-refractivity contribution in [3.63, 3.8) is 0 Å². The molecule has 82 valence electrons. The molecule has 4 N–H and O–H groups in total. The molecule has 0 unspecified atom stereocenters. The number of carbonyl (C=O) groups excluding carboxylic acids is 1. The fraction of sp³-hybridized carbons (Fsp3) is 0.100. The Hall–Kier alpha value is -2.37. The zero-order chi connectivity index (χ0) is 11.7. The molecular weight excluding hydrogens is 206 g/mol. The van der Waals surface area contributed by atoms with Crippen LogP contribution in [0.5, 0.6) is 0 Å². The number of nitrogens with zero attached hydrogens (tertiary/aromatic N) is 3. The molecule has 0 fully saturated rings. The first-order valence-electron chi connectivity index (χ1n) is 4.65. The Morgan fingerprint density at radius 1 is 1.44 bits per heavy atom. The van der Waals surface area contributed by atoms with E-state index in [1.807, 2.05) is 13.0 Å². The summed E-state index contributed by atoms with van der Waals surface area (Å²) in [5.41, 5.74) is 12.8. The molecule has 0 spiro atoms. The molecule has 1 amide bonds. The fourth-order valence-electron chi connectivity index (χ4n) is 1.38. The van der Waals surface area contributed by atoms with Crippen LogP contribution in [0.2, 0.25) is 0 Å². The van der Waals surface area contributed by atoms with Crippen LogP contribution in [-0.4, -0.2) is 20.7 Å². The SMILES string of the molecule is Cc1cncc(-n2cc(N)c(C(N)=O)n2)c1. The molecule has 2 aromatic heterocycles. The molecule has 2 heterocycles. The summed E-state index contributed by atoms with van der Waals surface area (Å²) in [5.74, 6) is -0.642. The van der Waals surface area contributed by atoms with Crippen molar-refractivity contribution in [2.24, 2.45) is 5.73 Å². The number of pyridine rings is 1. The largest absolute Gasteiger partial charge is 0.396 e. The number of hydrogen-bond donors (Lipinski definition) is 2. The van der Waals surface area contributed by atoms with E-state index in [4.69, 9.17) is 11.5 Å².